The number of imide groups is 1. The lowest BCUT2D eigenvalue weighted by molar-refractivity contribution is -0.143. The van der Waals surface area contributed by atoms with Crippen LogP contribution in [-0.4, -0.2) is 51.7 Å². The second-order valence-corrected chi connectivity index (χ2v) is 11.2. The number of aryl methyl sites for hydroxylation is 1. The molecule has 38 heavy (non-hydrogen) atoms. The minimum absolute atomic E-state index is 0.00438. The van der Waals surface area contributed by atoms with Crippen LogP contribution in [0.5, 0.6) is 0 Å². The van der Waals surface area contributed by atoms with Crippen molar-refractivity contribution in [3.8, 4) is 0 Å². The molecule has 2 aromatic carbocycles. The highest BCUT2D eigenvalue weighted by Crippen LogP contribution is 2.46. The van der Waals surface area contributed by atoms with Gasteiger partial charge in [-0.15, -0.1) is 0 Å². The van der Waals surface area contributed by atoms with E-state index in [0.29, 0.717) is 30.1 Å². The molecule has 2 fully saturated rings. The van der Waals surface area contributed by atoms with Crippen LogP contribution in [0.4, 0.5) is 10.5 Å². The first-order valence-electron chi connectivity index (χ1n) is 13.1. The molecule has 2 aromatic rings. The van der Waals surface area contributed by atoms with Crippen LogP contribution in [0.1, 0.15) is 56.7 Å². The second-order valence-electron chi connectivity index (χ2n) is 11.2. The van der Waals surface area contributed by atoms with Gasteiger partial charge in [0.15, 0.2) is 0 Å². The summed E-state index contributed by atoms with van der Waals surface area (Å²) in [6.07, 6.45) is 2.09. The van der Waals surface area contributed by atoms with Crippen LogP contribution in [0.25, 0.3) is 0 Å². The SMILES string of the molecule is CC(C1CC1)N(Cc1ccccc1)C(=O)CN1C(=O)O[C@]2(CCc3cc(NC(=O)C(C)(C)N)ccc32)C1=O. The van der Waals surface area contributed by atoms with Gasteiger partial charge in [-0.2, -0.15) is 0 Å². The van der Waals surface area contributed by atoms with Crippen molar-refractivity contribution in [3.05, 3.63) is 65.2 Å². The molecule has 9 heteroatoms. The molecule has 3 N–H and O–H groups in total. The number of amides is 4. The van der Waals surface area contributed by atoms with Crippen molar-refractivity contribution in [2.45, 2.75) is 70.2 Å². The first kappa shape index (κ1) is 25.9. The van der Waals surface area contributed by atoms with Crippen molar-refractivity contribution in [2.24, 2.45) is 11.7 Å². The van der Waals surface area contributed by atoms with Crippen LogP contribution in [0.3, 0.4) is 0 Å². The topological polar surface area (TPSA) is 122 Å². The van der Waals surface area contributed by atoms with Gasteiger partial charge >= 0.3 is 6.09 Å². The Kier molecular flexibility index (Phi) is 6.51. The second kappa shape index (κ2) is 9.54. The van der Waals surface area contributed by atoms with Crippen molar-refractivity contribution in [2.75, 3.05) is 11.9 Å². The maximum Gasteiger partial charge on any atom is 0.418 e. The summed E-state index contributed by atoms with van der Waals surface area (Å²) >= 11 is 0. The van der Waals surface area contributed by atoms with E-state index >= 15 is 0 Å². The Morgan fingerprint density at radius 3 is 2.55 bits per heavy atom. The van der Waals surface area contributed by atoms with Crippen molar-refractivity contribution >= 4 is 29.5 Å². The predicted octanol–water partition coefficient (Wildman–Crippen LogP) is 3.31. The van der Waals surface area contributed by atoms with E-state index in [1.54, 1.807) is 36.9 Å². The summed E-state index contributed by atoms with van der Waals surface area (Å²) in [5, 5.41) is 2.79. The van der Waals surface area contributed by atoms with Gasteiger partial charge < -0.3 is 20.7 Å². The van der Waals surface area contributed by atoms with Crippen LogP contribution in [0.15, 0.2) is 48.5 Å². The highest BCUT2D eigenvalue weighted by Gasteiger charge is 2.58. The number of benzene rings is 2. The van der Waals surface area contributed by atoms with E-state index in [2.05, 4.69) is 5.32 Å². The minimum Gasteiger partial charge on any atom is -0.427 e. The molecule has 1 aliphatic heterocycles. The fourth-order valence-corrected chi connectivity index (χ4v) is 5.32. The zero-order chi connectivity index (χ0) is 27.2. The zero-order valence-corrected chi connectivity index (χ0v) is 22.0. The van der Waals surface area contributed by atoms with E-state index in [1.165, 1.54) is 0 Å². The molecule has 0 radical (unpaired) electrons. The highest BCUT2D eigenvalue weighted by atomic mass is 16.6. The van der Waals surface area contributed by atoms with Crippen molar-refractivity contribution in [3.63, 3.8) is 0 Å². The summed E-state index contributed by atoms with van der Waals surface area (Å²) in [4.78, 5) is 55.1. The molecule has 1 heterocycles. The summed E-state index contributed by atoms with van der Waals surface area (Å²) in [6.45, 7) is 5.31. The summed E-state index contributed by atoms with van der Waals surface area (Å²) in [5.74, 6) is -0.709. The first-order chi connectivity index (χ1) is 18.0. The van der Waals surface area contributed by atoms with Gasteiger partial charge in [0.1, 0.15) is 6.54 Å². The molecule has 2 atom stereocenters. The maximum atomic E-state index is 13.7. The van der Waals surface area contributed by atoms with Crippen LogP contribution < -0.4 is 11.1 Å². The number of hydrogen-bond acceptors (Lipinski definition) is 6. The molecule has 4 amide bonds. The number of nitrogens with zero attached hydrogens (tertiary/aromatic N) is 2. The van der Waals surface area contributed by atoms with E-state index in [9.17, 15) is 19.2 Å². The smallest absolute Gasteiger partial charge is 0.418 e. The van der Waals surface area contributed by atoms with Gasteiger partial charge in [0, 0.05) is 30.3 Å². The lowest BCUT2D eigenvalue weighted by Crippen LogP contribution is -2.47. The number of anilines is 1. The average Bonchev–Trinajstić information content (AvgIpc) is 3.63. The van der Waals surface area contributed by atoms with E-state index in [1.807, 2.05) is 37.3 Å². The molecule has 3 aliphatic rings. The molecular formula is C29H34N4O5. The van der Waals surface area contributed by atoms with E-state index in [-0.39, 0.29) is 30.8 Å². The van der Waals surface area contributed by atoms with Crippen LogP contribution in [0.2, 0.25) is 0 Å². The molecule has 1 spiro atoms. The maximum absolute atomic E-state index is 13.7. The van der Waals surface area contributed by atoms with Gasteiger partial charge in [-0.25, -0.2) is 9.69 Å². The van der Waals surface area contributed by atoms with Crippen molar-refractivity contribution < 1.29 is 23.9 Å². The standard InChI is InChI=1S/C29H34N4O5/c1-18(20-9-10-20)32(16-19-7-5-4-6-8-19)24(34)17-33-26(36)29(38-27(33)37)14-13-21-15-22(11-12-23(21)29)31-25(35)28(2,3)30/h4-8,11-12,15,18,20H,9-10,13-14,16-17,30H2,1-3H3,(H,31,35)/t18?,29-/m0/s1. The Balaban J connectivity index is 1.34. The molecule has 0 aromatic heterocycles. The van der Waals surface area contributed by atoms with Gasteiger partial charge in [0.25, 0.3) is 5.91 Å². The molecule has 1 saturated carbocycles. The van der Waals surface area contributed by atoms with Gasteiger partial charge in [-0.3, -0.25) is 14.4 Å². The number of nitrogens with one attached hydrogen (secondary N) is 1. The number of fused-ring (bicyclic) bond motifs is 2. The van der Waals surface area contributed by atoms with Gasteiger partial charge in [0.05, 0.1) is 5.54 Å². The fraction of sp³-hybridized carbons (Fsp3) is 0.448. The molecule has 2 aliphatic carbocycles. The zero-order valence-electron chi connectivity index (χ0n) is 22.0. The van der Waals surface area contributed by atoms with Crippen LogP contribution in [-0.2, 0) is 37.7 Å². The highest BCUT2D eigenvalue weighted by molar-refractivity contribution is 6.06. The van der Waals surface area contributed by atoms with Gasteiger partial charge in [-0.05, 0) is 69.2 Å². The Labute approximate surface area is 222 Å². The molecule has 200 valence electrons. The largest absolute Gasteiger partial charge is 0.427 e. The third-order valence-electron chi connectivity index (χ3n) is 7.81. The van der Waals surface area contributed by atoms with Crippen LogP contribution in [0, 0.1) is 5.92 Å². The molecular weight excluding hydrogens is 484 g/mol. The molecule has 9 nitrogen and oxygen atoms in total. The predicted molar refractivity (Wildman–Crippen MR) is 141 cm³/mol. The average molecular weight is 519 g/mol. The number of nitrogens with two attached hydrogens (primary N) is 1. The number of carbonyl (C=O) groups excluding carboxylic acids is 4. The third-order valence-corrected chi connectivity index (χ3v) is 7.81. The number of hydrogen-bond donors (Lipinski definition) is 2. The Bertz CT molecular complexity index is 1280. The minimum atomic E-state index is -1.45. The normalized spacial score (nSPS) is 21.3. The van der Waals surface area contributed by atoms with Crippen molar-refractivity contribution in [1.82, 2.24) is 9.80 Å². The van der Waals surface area contributed by atoms with E-state index < -0.39 is 23.1 Å². The van der Waals surface area contributed by atoms with E-state index in [0.717, 1.165) is 28.9 Å². The number of carbonyl (C=O) groups is 4. The summed E-state index contributed by atoms with van der Waals surface area (Å²) < 4.78 is 5.71. The summed E-state index contributed by atoms with van der Waals surface area (Å²) in [5.41, 5.74) is 6.32. The molecule has 0 bridgehead atoms. The molecule has 1 saturated heterocycles. The number of rotatable bonds is 8. The third kappa shape index (κ3) is 4.78. The van der Waals surface area contributed by atoms with Crippen molar-refractivity contribution in [1.29, 1.82) is 0 Å². The molecule has 5 rings (SSSR count). The number of ether oxygens (including phenoxy) is 1. The lowest BCUT2D eigenvalue weighted by atomic mass is 9.94. The Morgan fingerprint density at radius 1 is 1.18 bits per heavy atom. The van der Waals surface area contributed by atoms with Crippen LogP contribution >= 0.6 is 0 Å². The Hall–Kier alpha value is -3.72. The summed E-state index contributed by atoms with van der Waals surface area (Å²) in [7, 11) is 0. The van der Waals surface area contributed by atoms with Gasteiger partial charge in [-0.1, -0.05) is 36.4 Å². The monoisotopic (exact) mass is 518 g/mol. The fourth-order valence-electron chi connectivity index (χ4n) is 5.32. The molecule has 1 unspecified atom stereocenters. The summed E-state index contributed by atoms with van der Waals surface area (Å²) in [6, 6.07) is 14.9. The quantitative estimate of drug-likeness (QED) is 0.553. The van der Waals surface area contributed by atoms with Gasteiger partial charge in [0.2, 0.25) is 17.4 Å². The first-order valence-corrected chi connectivity index (χ1v) is 13.1. The lowest BCUT2D eigenvalue weighted by Gasteiger charge is -2.30. The van der Waals surface area contributed by atoms with E-state index in [4.69, 9.17) is 10.5 Å². The Morgan fingerprint density at radius 2 is 1.89 bits per heavy atom.